The first kappa shape index (κ1) is 19.4. The number of aliphatic hydroxyl groups is 1. The van der Waals surface area contributed by atoms with Gasteiger partial charge in [0, 0.05) is 12.2 Å². The summed E-state index contributed by atoms with van der Waals surface area (Å²) in [5.41, 5.74) is 2.39. The summed E-state index contributed by atoms with van der Waals surface area (Å²) < 4.78 is 31.3. The van der Waals surface area contributed by atoms with Crippen molar-refractivity contribution in [2.24, 2.45) is 0 Å². The Morgan fingerprint density at radius 2 is 1.89 bits per heavy atom. The van der Waals surface area contributed by atoms with Crippen LogP contribution in [0.4, 0.5) is 0 Å². The van der Waals surface area contributed by atoms with E-state index in [-0.39, 0.29) is 23.7 Å². The summed E-state index contributed by atoms with van der Waals surface area (Å²) in [5, 5.41) is 13.7. The molecule has 0 aliphatic heterocycles. The lowest BCUT2D eigenvalue weighted by atomic mass is 10.1. The zero-order valence-electron chi connectivity index (χ0n) is 14.7. The minimum atomic E-state index is -3.40. The molecular weight excluding hydrogens is 388 g/mol. The topological polar surface area (TPSA) is 81.4 Å². The number of nitrogens with zero attached hydrogens (tertiary/aromatic N) is 2. The third-order valence-corrected chi connectivity index (χ3v) is 6.21. The Balaban J connectivity index is 1.93. The van der Waals surface area contributed by atoms with Gasteiger partial charge >= 0.3 is 0 Å². The van der Waals surface area contributed by atoms with Crippen LogP contribution in [0, 0.1) is 0 Å². The number of aliphatic hydroxyl groups excluding tert-OH is 1. The predicted molar refractivity (Wildman–Crippen MR) is 104 cm³/mol. The van der Waals surface area contributed by atoms with Gasteiger partial charge in [0.05, 0.1) is 40.4 Å². The molecule has 6 nitrogen and oxygen atoms in total. The Bertz CT molecular complexity index is 1030. The third-order valence-electron chi connectivity index (χ3n) is 4.10. The summed E-state index contributed by atoms with van der Waals surface area (Å²) in [6.45, 7) is -0.152. The molecule has 27 heavy (non-hydrogen) atoms. The highest BCUT2D eigenvalue weighted by Gasteiger charge is 2.15. The van der Waals surface area contributed by atoms with Crippen molar-refractivity contribution in [3.8, 4) is 22.7 Å². The maximum absolute atomic E-state index is 12.2. The molecule has 3 aromatic rings. The average Bonchev–Trinajstić information content (AvgIpc) is 3.16. The monoisotopic (exact) mass is 406 g/mol. The molecule has 3 rings (SSSR count). The Kier molecular flexibility index (Phi) is 5.84. The zero-order chi connectivity index (χ0) is 19.4. The molecule has 0 unspecified atom stereocenters. The van der Waals surface area contributed by atoms with Gasteiger partial charge in [-0.1, -0.05) is 23.7 Å². The molecule has 2 aromatic carbocycles. The molecule has 0 radical (unpaired) electrons. The molecule has 0 aliphatic carbocycles. The van der Waals surface area contributed by atoms with Crippen LogP contribution in [0.2, 0.25) is 5.02 Å². The van der Waals surface area contributed by atoms with E-state index in [1.165, 1.54) is 0 Å². The minimum Gasteiger partial charge on any atom is -0.495 e. The van der Waals surface area contributed by atoms with Crippen molar-refractivity contribution in [1.82, 2.24) is 9.78 Å². The van der Waals surface area contributed by atoms with Gasteiger partial charge in [-0.15, -0.1) is 0 Å². The number of methoxy groups -OCH3 is 1. The zero-order valence-corrected chi connectivity index (χ0v) is 16.2. The molecule has 0 saturated heterocycles. The fourth-order valence-corrected chi connectivity index (χ4v) is 4.27. The van der Waals surface area contributed by atoms with Crippen LogP contribution in [0.25, 0.3) is 16.9 Å². The van der Waals surface area contributed by atoms with Crippen LogP contribution in [-0.2, 0) is 9.84 Å². The lowest BCUT2D eigenvalue weighted by Gasteiger charge is -2.10. The van der Waals surface area contributed by atoms with Crippen molar-refractivity contribution in [3.05, 3.63) is 59.8 Å². The number of hydrogen-bond donors (Lipinski definition) is 1. The number of benzene rings is 2. The van der Waals surface area contributed by atoms with Gasteiger partial charge in [-0.3, -0.25) is 0 Å². The molecule has 0 fully saturated rings. The van der Waals surface area contributed by atoms with E-state index >= 15 is 0 Å². The average molecular weight is 407 g/mol. The van der Waals surface area contributed by atoms with E-state index in [0.717, 1.165) is 16.9 Å². The van der Waals surface area contributed by atoms with Crippen LogP contribution >= 0.6 is 11.6 Å². The summed E-state index contributed by atoms with van der Waals surface area (Å²) in [7, 11) is -1.85. The molecule has 1 N–H and O–H groups in total. The number of aromatic nitrogens is 2. The molecule has 1 heterocycles. The van der Waals surface area contributed by atoms with Crippen molar-refractivity contribution < 1.29 is 18.3 Å². The lowest BCUT2D eigenvalue weighted by Crippen LogP contribution is -2.08. The van der Waals surface area contributed by atoms with Crippen LogP contribution in [0.3, 0.4) is 0 Å². The predicted octanol–water partition coefficient (Wildman–Crippen LogP) is 3.36. The summed E-state index contributed by atoms with van der Waals surface area (Å²) in [4.78, 5) is 0.234. The second-order valence-corrected chi connectivity index (χ2v) is 8.38. The Morgan fingerprint density at radius 1 is 1.15 bits per heavy atom. The molecule has 0 saturated carbocycles. The van der Waals surface area contributed by atoms with Gasteiger partial charge in [0.25, 0.3) is 0 Å². The third kappa shape index (κ3) is 4.16. The molecule has 0 amide bonds. The van der Waals surface area contributed by atoms with Crippen molar-refractivity contribution in [2.45, 2.75) is 11.3 Å². The van der Waals surface area contributed by atoms with E-state index in [9.17, 15) is 8.42 Å². The van der Waals surface area contributed by atoms with Crippen molar-refractivity contribution in [3.63, 3.8) is 0 Å². The SMILES string of the molecule is COc1ccc(-n2nccc2-c2ccc(S(=O)(=O)CCCO)cc2)cc1Cl. The highest BCUT2D eigenvalue weighted by atomic mass is 35.5. The second kappa shape index (κ2) is 8.12. The first-order chi connectivity index (χ1) is 13.0. The summed E-state index contributed by atoms with van der Waals surface area (Å²) in [6.07, 6.45) is 1.88. The Labute approximate surface area is 162 Å². The molecule has 142 valence electrons. The molecule has 0 aliphatic rings. The number of halogens is 1. The van der Waals surface area contributed by atoms with Crippen LogP contribution in [0.15, 0.2) is 59.6 Å². The van der Waals surface area contributed by atoms with Crippen molar-refractivity contribution in [2.75, 3.05) is 19.5 Å². The van der Waals surface area contributed by atoms with Gasteiger partial charge in [-0.25, -0.2) is 13.1 Å². The molecule has 0 atom stereocenters. The van der Waals surface area contributed by atoms with Gasteiger partial charge in [-0.2, -0.15) is 5.10 Å². The molecule has 8 heteroatoms. The summed E-state index contributed by atoms with van der Waals surface area (Å²) in [5.74, 6) is 0.497. The summed E-state index contributed by atoms with van der Waals surface area (Å²) >= 11 is 6.21. The van der Waals surface area contributed by atoms with Crippen molar-refractivity contribution in [1.29, 1.82) is 0 Å². The van der Waals surface area contributed by atoms with E-state index in [2.05, 4.69) is 5.10 Å². The first-order valence-corrected chi connectivity index (χ1v) is 10.3. The largest absolute Gasteiger partial charge is 0.495 e. The van der Waals surface area contributed by atoms with Crippen LogP contribution < -0.4 is 4.74 Å². The minimum absolute atomic E-state index is 0.0782. The number of hydrogen-bond acceptors (Lipinski definition) is 5. The fourth-order valence-electron chi connectivity index (χ4n) is 2.72. The van der Waals surface area contributed by atoms with Gasteiger partial charge < -0.3 is 9.84 Å². The second-order valence-electron chi connectivity index (χ2n) is 5.87. The number of rotatable bonds is 7. The quantitative estimate of drug-likeness (QED) is 0.650. The summed E-state index contributed by atoms with van der Waals surface area (Å²) in [6, 6.07) is 13.8. The molecular formula is C19H19ClN2O4S. The highest BCUT2D eigenvalue weighted by molar-refractivity contribution is 7.91. The van der Waals surface area contributed by atoms with Gasteiger partial charge in [0.2, 0.25) is 0 Å². The molecule has 1 aromatic heterocycles. The highest BCUT2D eigenvalue weighted by Crippen LogP contribution is 2.29. The Hall–Kier alpha value is -2.35. The lowest BCUT2D eigenvalue weighted by molar-refractivity contribution is 0.295. The van der Waals surface area contributed by atoms with Gasteiger partial charge in [0.1, 0.15) is 5.75 Å². The van der Waals surface area contributed by atoms with Gasteiger partial charge in [-0.05, 0) is 42.8 Å². The maximum atomic E-state index is 12.2. The van der Waals surface area contributed by atoms with Crippen LogP contribution in [0.5, 0.6) is 5.75 Å². The number of sulfone groups is 1. The Morgan fingerprint density at radius 3 is 2.52 bits per heavy atom. The first-order valence-electron chi connectivity index (χ1n) is 8.28. The maximum Gasteiger partial charge on any atom is 0.178 e. The molecule has 0 bridgehead atoms. The van der Waals surface area contributed by atoms with Crippen LogP contribution in [0.1, 0.15) is 6.42 Å². The standard InChI is InChI=1S/C19H19ClN2O4S/c1-26-19-8-5-15(13-17(19)20)22-18(9-10-21-22)14-3-6-16(7-4-14)27(24,25)12-2-11-23/h3-10,13,23H,2,11-12H2,1H3. The molecule has 0 spiro atoms. The van der Waals surface area contributed by atoms with E-state index in [1.54, 1.807) is 54.4 Å². The van der Waals surface area contributed by atoms with Gasteiger partial charge in [0.15, 0.2) is 9.84 Å². The van der Waals surface area contributed by atoms with E-state index in [1.807, 2.05) is 12.1 Å². The van der Waals surface area contributed by atoms with E-state index in [4.69, 9.17) is 21.4 Å². The smallest absolute Gasteiger partial charge is 0.178 e. The fraction of sp³-hybridized carbons (Fsp3) is 0.211. The van der Waals surface area contributed by atoms with E-state index < -0.39 is 9.84 Å². The number of ether oxygens (including phenoxy) is 1. The normalized spacial score (nSPS) is 11.5. The van der Waals surface area contributed by atoms with Crippen molar-refractivity contribution >= 4 is 21.4 Å². The van der Waals surface area contributed by atoms with E-state index in [0.29, 0.717) is 10.8 Å². The van der Waals surface area contributed by atoms with Crippen LogP contribution in [-0.4, -0.2) is 42.8 Å².